The zero-order chi connectivity index (χ0) is 11.3. The number of aryl methyl sites for hydroxylation is 1. The fraction of sp³-hybridized carbons (Fsp3) is 0.0909. The Morgan fingerprint density at radius 2 is 2.25 bits per heavy atom. The molecule has 0 aliphatic heterocycles. The monoisotopic (exact) mass is 250 g/mol. The molecule has 80 valence electrons. The summed E-state index contributed by atoms with van der Waals surface area (Å²) in [4.78, 5) is 16.2. The maximum Gasteiger partial charge on any atom is 0.200 e. The van der Waals surface area contributed by atoms with Crippen LogP contribution < -0.4 is 5.43 Å². The van der Waals surface area contributed by atoms with Gasteiger partial charge in [-0.1, -0.05) is 11.6 Å². The van der Waals surface area contributed by atoms with Gasteiger partial charge in [0.15, 0.2) is 5.43 Å². The first kappa shape index (κ1) is 9.81. The summed E-state index contributed by atoms with van der Waals surface area (Å²) in [6.07, 6.45) is 0. The zero-order valence-electron chi connectivity index (χ0n) is 8.37. The fourth-order valence-electron chi connectivity index (χ4n) is 1.79. The molecule has 2 heterocycles. The molecule has 0 bridgehead atoms. The molecule has 1 aromatic carbocycles. The van der Waals surface area contributed by atoms with E-state index < -0.39 is 0 Å². The second-order valence-corrected chi connectivity index (χ2v) is 4.83. The van der Waals surface area contributed by atoms with E-state index in [1.165, 1.54) is 11.5 Å². The molecule has 5 heteroatoms. The number of nitrogens with zero attached hydrogens (tertiary/aromatic N) is 1. The Kier molecular flexibility index (Phi) is 2.02. The largest absolute Gasteiger partial charge is 0.345 e. The molecule has 0 radical (unpaired) electrons. The molecule has 0 amide bonds. The summed E-state index contributed by atoms with van der Waals surface area (Å²) in [6, 6.07) is 5.26. The average Bonchev–Trinajstić information content (AvgIpc) is 2.62. The molecular formula is C11H7ClN2OS. The topological polar surface area (TPSA) is 45.8 Å². The maximum atomic E-state index is 12.2. The van der Waals surface area contributed by atoms with Crippen LogP contribution in [0.15, 0.2) is 23.0 Å². The van der Waals surface area contributed by atoms with Crippen molar-refractivity contribution in [3.05, 3.63) is 39.1 Å². The Bertz CT molecular complexity index is 760. The van der Waals surface area contributed by atoms with Gasteiger partial charge in [0.05, 0.1) is 16.6 Å². The van der Waals surface area contributed by atoms with E-state index in [1.807, 2.05) is 13.0 Å². The number of hydrogen-bond donors (Lipinski definition) is 1. The molecule has 0 aliphatic rings. The third-order valence-electron chi connectivity index (χ3n) is 2.56. The number of H-pyrrole nitrogens is 1. The molecule has 2 aromatic heterocycles. The minimum Gasteiger partial charge on any atom is -0.345 e. The number of rotatable bonds is 0. The lowest BCUT2D eigenvalue weighted by molar-refractivity contribution is 1.37. The highest BCUT2D eigenvalue weighted by Gasteiger charge is 2.10. The molecule has 3 nitrogen and oxygen atoms in total. The van der Waals surface area contributed by atoms with E-state index in [1.54, 1.807) is 12.1 Å². The molecule has 0 spiro atoms. The maximum absolute atomic E-state index is 12.2. The SMILES string of the molecule is Cc1nsc2[nH]c3ccc(Cl)cc3c(=O)c12. The Hall–Kier alpha value is -1.39. The van der Waals surface area contributed by atoms with Gasteiger partial charge in [0.1, 0.15) is 4.83 Å². The van der Waals surface area contributed by atoms with Crippen LogP contribution in [0.1, 0.15) is 5.69 Å². The Morgan fingerprint density at radius 3 is 3.06 bits per heavy atom. The van der Waals surface area contributed by atoms with Crippen LogP contribution in [-0.2, 0) is 0 Å². The molecule has 3 aromatic rings. The van der Waals surface area contributed by atoms with Gasteiger partial charge in [0, 0.05) is 10.4 Å². The Labute approximate surface area is 99.8 Å². The van der Waals surface area contributed by atoms with Crippen LogP contribution in [0.5, 0.6) is 0 Å². The highest BCUT2D eigenvalue weighted by molar-refractivity contribution is 7.13. The number of benzene rings is 1. The van der Waals surface area contributed by atoms with E-state index in [9.17, 15) is 4.79 Å². The van der Waals surface area contributed by atoms with Gasteiger partial charge in [-0.3, -0.25) is 4.79 Å². The van der Waals surface area contributed by atoms with Gasteiger partial charge < -0.3 is 4.98 Å². The lowest BCUT2D eigenvalue weighted by Crippen LogP contribution is -2.03. The first-order chi connectivity index (χ1) is 7.66. The van der Waals surface area contributed by atoms with Crippen molar-refractivity contribution in [2.75, 3.05) is 0 Å². The molecule has 1 N–H and O–H groups in total. The first-order valence-electron chi connectivity index (χ1n) is 4.74. The van der Waals surface area contributed by atoms with Crippen LogP contribution in [0, 0.1) is 6.92 Å². The second kappa shape index (κ2) is 3.30. The van der Waals surface area contributed by atoms with Gasteiger partial charge >= 0.3 is 0 Å². The predicted octanol–water partition coefficient (Wildman–Crippen LogP) is 3.10. The zero-order valence-corrected chi connectivity index (χ0v) is 9.95. The smallest absolute Gasteiger partial charge is 0.200 e. The van der Waals surface area contributed by atoms with E-state index in [2.05, 4.69) is 9.36 Å². The number of aromatic nitrogens is 2. The second-order valence-electron chi connectivity index (χ2n) is 3.62. The van der Waals surface area contributed by atoms with Crippen molar-refractivity contribution < 1.29 is 0 Å². The standard InChI is InChI=1S/C11H7ClN2OS/c1-5-9-10(15)7-4-6(12)2-3-8(7)13-11(9)16-14-5/h2-4H,1H3,(H,13,15). The van der Waals surface area contributed by atoms with Crippen molar-refractivity contribution in [3.8, 4) is 0 Å². The highest BCUT2D eigenvalue weighted by atomic mass is 35.5. The summed E-state index contributed by atoms with van der Waals surface area (Å²) in [5, 5.41) is 1.85. The molecule has 0 unspecified atom stereocenters. The van der Waals surface area contributed by atoms with Crippen molar-refractivity contribution in [1.82, 2.24) is 9.36 Å². The first-order valence-corrected chi connectivity index (χ1v) is 5.89. The minimum absolute atomic E-state index is 0.00231. The lowest BCUT2D eigenvalue weighted by atomic mass is 10.1. The van der Waals surface area contributed by atoms with Gasteiger partial charge in [-0.15, -0.1) is 0 Å². The van der Waals surface area contributed by atoms with E-state index in [4.69, 9.17) is 11.6 Å². The quantitative estimate of drug-likeness (QED) is 0.666. The predicted molar refractivity (Wildman–Crippen MR) is 67.5 cm³/mol. The minimum atomic E-state index is -0.00231. The molecule has 0 saturated carbocycles. The van der Waals surface area contributed by atoms with Gasteiger partial charge in [-0.25, -0.2) is 0 Å². The molecular weight excluding hydrogens is 244 g/mol. The normalized spacial score (nSPS) is 11.4. The van der Waals surface area contributed by atoms with E-state index in [-0.39, 0.29) is 5.43 Å². The molecule has 0 saturated heterocycles. The van der Waals surface area contributed by atoms with E-state index >= 15 is 0 Å². The summed E-state index contributed by atoms with van der Waals surface area (Å²) in [5.74, 6) is 0. The van der Waals surface area contributed by atoms with Crippen molar-refractivity contribution >= 4 is 44.3 Å². The fourth-order valence-corrected chi connectivity index (χ4v) is 2.77. The van der Waals surface area contributed by atoms with Crippen molar-refractivity contribution in [3.63, 3.8) is 0 Å². The summed E-state index contributed by atoms with van der Waals surface area (Å²) in [7, 11) is 0. The van der Waals surface area contributed by atoms with Crippen LogP contribution in [0.3, 0.4) is 0 Å². The lowest BCUT2D eigenvalue weighted by Gasteiger charge is -1.99. The molecule has 0 atom stereocenters. The third kappa shape index (κ3) is 1.27. The van der Waals surface area contributed by atoms with E-state index in [0.29, 0.717) is 15.8 Å². The number of nitrogens with one attached hydrogen (secondary N) is 1. The molecule has 0 aliphatic carbocycles. The van der Waals surface area contributed by atoms with Crippen LogP contribution >= 0.6 is 23.1 Å². The van der Waals surface area contributed by atoms with Gasteiger partial charge in [-0.2, -0.15) is 4.37 Å². The third-order valence-corrected chi connectivity index (χ3v) is 3.65. The van der Waals surface area contributed by atoms with Crippen LogP contribution in [0.4, 0.5) is 0 Å². The Balaban J connectivity index is 2.64. The van der Waals surface area contributed by atoms with Crippen LogP contribution in [-0.4, -0.2) is 9.36 Å². The Morgan fingerprint density at radius 1 is 1.44 bits per heavy atom. The van der Waals surface area contributed by atoms with Crippen molar-refractivity contribution in [1.29, 1.82) is 0 Å². The molecule has 16 heavy (non-hydrogen) atoms. The summed E-state index contributed by atoms with van der Waals surface area (Å²) in [5.41, 5.74) is 1.56. The van der Waals surface area contributed by atoms with Crippen molar-refractivity contribution in [2.45, 2.75) is 6.92 Å². The van der Waals surface area contributed by atoms with Gasteiger partial charge in [0.25, 0.3) is 0 Å². The van der Waals surface area contributed by atoms with E-state index in [0.717, 1.165) is 16.0 Å². The number of halogens is 1. The number of fused-ring (bicyclic) bond motifs is 2. The van der Waals surface area contributed by atoms with Gasteiger partial charge in [0.2, 0.25) is 0 Å². The van der Waals surface area contributed by atoms with Gasteiger partial charge in [-0.05, 0) is 36.7 Å². The molecule has 3 rings (SSSR count). The summed E-state index contributed by atoms with van der Waals surface area (Å²) < 4.78 is 4.18. The number of pyridine rings is 1. The summed E-state index contributed by atoms with van der Waals surface area (Å²) in [6.45, 7) is 1.84. The number of aromatic amines is 1. The highest BCUT2D eigenvalue weighted by Crippen LogP contribution is 2.22. The van der Waals surface area contributed by atoms with Crippen molar-refractivity contribution in [2.24, 2.45) is 0 Å². The van der Waals surface area contributed by atoms with Crippen LogP contribution in [0.2, 0.25) is 5.02 Å². The molecule has 0 fully saturated rings. The summed E-state index contributed by atoms with van der Waals surface area (Å²) >= 11 is 7.20. The van der Waals surface area contributed by atoms with Crippen LogP contribution in [0.25, 0.3) is 21.1 Å². The number of hydrogen-bond acceptors (Lipinski definition) is 3. The average molecular weight is 251 g/mol.